The number of nitrogens with zero attached hydrogens (tertiary/aromatic N) is 4. The highest BCUT2D eigenvalue weighted by Gasteiger charge is 2.45. The van der Waals surface area contributed by atoms with Gasteiger partial charge < -0.3 is 14.5 Å². The quantitative estimate of drug-likeness (QED) is 0.746. The van der Waals surface area contributed by atoms with Crippen LogP contribution in [0.3, 0.4) is 0 Å². The Morgan fingerprint density at radius 1 is 1.13 bits per heavy atom. The Balaban J connectivity index is 1.36. The summed E-state index contributed by atoms with van der Waals surface area (Å²) >= 11 is 0. The predicted octanol–water partition coefficient (Wildman–Crippen LogP) is 2.54. The Kier molecular flexibility index (Phi) is 5.22. The van der Waals surface area contributed by atoms with Crippen LogP contribution in [0.2, 0.25) is 0 Å². The number of carbonyl (C=O) groups is 2. The van der Waals surface area contributed by atoms with Gasteiger partial charge in [-0.15, -0.1) is 0 Å². The van der Waals surface area contributed by atoms with Gasteiger partial charge in [-0.05, 0) is 37.7 Å². The molecule has 1 spiro atoms. The van der Waals surface area contributed by atoms with Gasteiger partial charge >= 0.3 is 0 Å². The maximum absolute atomic E-state index is 13.1. The number of aromatic nitrogens is 2. The third-order valence-electron chi connectivity index (χ3n) is 6.90. The van der Waals surface area contributed by atoms with Crippen LogP contribution in [-0.4, -0.2) is 63.9 Å². The second kappa shape index (κ2) is 8.04. The standard InChI is InChI=1S/C24H28N4O3/c1-17(29)28-12-5-8-20(28)23(30)27-13-10-24(11-14-27)21-19(9-15-31-24)16-25-22(26-21)18-6-3-2-4-7-18/h2-4,6-7,16,20H,5,8-15H2,1H3/t20-/m0/s1. The lowest BCUT2D eigenvalue weighted by Crippen LogP contribution is -2.53. The summed E-state index contributed by atoms with van der Waals surface area (Å²) < 4.78 is 6.34. The first kappa shape index (κ1) is 20.1. The highest BCUT2D eigenvalue weighted by Crippen LogP contribution is 2.41. The Morgan fingerprint density at radius 2 is 1.90 bits per heavy atom. The third kappa shape index (κ3) is 3.61. The van der Waals surface area contributed by atoms with Gasteiger partial charge in [0.1, 0.15) is 11.6 Å². The molecule has 31 heavy (non-hydrogen) atoms. The Labute approximate surface area is 182 Å². The summed E-state index contributed by atoms with van der Waals surface area (Å²) in [7, 11) is 0. The molecule has 0 N–H and O–H groups in total. The minimum Gasteiger partial charge on any atom is -0.368 e. The topological polar surface area (TPSA) is 75.6 Å². The number of piperidine rings is 1. The molecule has 2 fully saturated rings. The highest BCUT2D eigenvalue weighted by atomic mass is 16.5. The van der Waals surface area contributed by atoms with E-state index in [0.717, 1.165) is 36.1 Å². The monoisotopic (exact) mass is 420 g/mol. The highest BCUT2D eigenvalue weighted by molar-refractivity contribution is 5.87. The molecular weight excluding hydrogens is 392 g/mol. The van der Waals surface area contributed by atoms with Crippen molar-refractivity contribution in [1.82, 2.24) is 19.8 Å². The second-order valence-corrected chi connectivity index (χ2v) is 8.72. The van der Waals surface area contributed by atoms with Crippen molar-refractivity contribution >= 4 is 11.8 Å². The van der Waals surface area contributed by atoms with Crippen molar-refractivity contribution in [1.29, 1.82) is 0 Å². The first-order chi connectivity index (χ1) is 15.1. The molecule has 0 saturated carbocycles. The smallest absolute Gasteiger partial charge is 0.245 e. The molecule has 2 amide bonds. The number of hydrogen-bond acceptors (Lipinski definition) is 5. The van der Waals surface area contributed by atoms with E-state index < -0.39 is 5.60 Å². The van der Waals surface area contributed by atoms with E-state index in [4.69, 9.17) is 9.72 Å². The Morgan fingerprint density at radius 3 is 2.65 bits per heavy atom. The SMILES string of the molecule is CC(=O)N1CCC[C@H]1C(=O)N1CCC2(CC1)OCCc1cnc(-c3ccccc3)nc12. The van der Waals surface area contributed by atoms with Crippen LogP contribution in [0.25, 0.3) is 11.4 Å². The first-order valence-electron chi connectivity index (χ1n) is 11.2. The van der Waals surface area contributed by atoms with E-state index in [-0.39, 0.29) is 17.9 Å². The van der Waals surface area contributed by atoms with Gasteiger partial charge in [0, 0.05) is 38.3 Å². The average molecular weight is 421 g/mol. The number of carbonyl (C=O) groups excluding carboxylic acids is 2. The summed E-state index contributed by atoms with van der Waals surface area (Å²) in [5.74, 6) is 0.774. The van der Waals surface area contributed by atoms with Gasteiger partial charge in [0.25, 0.3) is 0 Å². The molecule has 2 aromatic rings. The third-order valence-corrected chi connectivity index (χ3v) is 6.90. The van der Waals surface area contributed by atoms with Gasteiger partial charge in [0.2, 0.25) is 11.8 Å². The van der Waals surface area contributed by atoms with Crippen LogP contribution in [0.1, 0.15) is 43.9 Å². The van der Waals surface area contributed by atoms with Crippen LogP contribution in [0.5, 0.6) is 0 Å². The molecule has 1 aromatic carbocycles. The summed E-state index contributed by atoms with van der Waals surface area (Å²) in [4.78, 5) is 38.2. The van der Waals surface area contributed by atoms with Gasteiger partial charge in [-0.1, -0.05) is 30.3 Å². The van der Waals surface area contributed by atoms with Gasteiger partial charge in [-0.3, -0.25) is 9.59 Å². The molecule has 1 aromatic heterocycles. The van der Waals surface area contributed by atoms with Crippen LogP contribution >= 0.6 is 0 Å². The molecule has 2 saturated heterocycles. The van der Waals surface area contributed by atoms with Crippen LogP contribution in [0.15, 0.2) is 36.5 Å². The van der Waals surface area contributed by atoms with E-state index in [2.05, 4.69) is 4.98 Å². The van der Waals surface area contributed by atoms with Crippen molar-refractivity contribution < 1.29 is 14.3 Å². The van der Waals surface area contributed by atoms with Crippen molar-refractivity contribution in [3.8, 4) is 11.4 Å². The van der Waals surface area contributed by atoms with Crippen LogP contribution in [-0.2, 0) is 26.3 Å². The number of amides is 2. The summed E-state index contributed by atoms with van der Waals surface area (Å²) in [6.07, 6.45) is 5.82. The van der Waals surface area contributed by atoms with Gasteiger partial charge in [-0.25, -0.2) is 9.97 Å². The molecule has 7 nitrogen and oxygen atoms in total. The number of benzene rings is 1. The minimum absolute atomic E-state index is 0.0148. The second-order valence-electron chi connectivity index (χ2n) is 8.72. The lowest BCUT2D eigenvalue weighted by Gasteiger charge is -2.44. The summed E-state index contributed by atoms with van der Waals surface area (Å²) in [6, 6.07) is 9.68. The summed E-state index contributed by atoms with van der Waals surface area (Å²) in [5, 5.41) is 0. The van der Waals surface area contributed by atoms with E-state index >= 15 is 0 Å². The summed E-state index contributed by atoms with van der Waals surface area (Å²) in [5.41, 5.74) is 2.65. The molecule has 0 aliphatic carbocycles. The lowest BCUT2D eigenvalue weighted by atomic mass is 9.83. The molecule has 0 unspecified atom stereocenters. The summed E-state index contributed by atoms with van der Waals surface area (Å²) in [6.45, 7) is 4.11. The van der Waals surface area contributed by atoms with E-state index in [1.54, 1.807) is 11.8 Å². The van der Waals surface area contributed by atoms with Crippen molar-refractivity contribution in [3.05, 3.63) is 47.8 Å². The molecule has 7 heteroatoms. The fourth-order valence-electron chi connectivity index (χ4n) is 5.22. The zero-order valence-corrected chi connectivity index (χ0v) is 17.9. The van der Waals surface area contributed by atoms with E-state index in [9.17, 15) is 9.59 Å². The maximum Gasteiger partial charge on any atom is 0.245 e. The molecule has 3 aliphatic rings. The normalized spacial score (nSPS) is 22.4. The van der Waals surface area contributed by atoms with Gasteiger partial charge in [0.05, 0.1) is 12.3 Å². The van der Waals surface area contributed by atoms with Gasteiger partial charge in [-0.2, -0.15) is 0 Å². The van der Waals surface area contributed by atoms with Crippen molar-refractivity contribution in [3.63, 3.8) is 0 Å². The van der Waals surface area contributed by atoms with Crippen molar-refractivity contribution in [2.75, 3.05) is 26.2 Å². The molecule has 0 radical (unpaired) electrons. The number of ether oxygens (including phenoxy) is 1. The van der Waals surface area contributed by atoms with Crippen LogP contribution in [0, 0.1) is 0 Å². The van der Waals surface area contributed by atoms with Crippen molar-refractivity contribution in [2.45, 2.75) is 50.7 Å². The number of fused-ring (bicyclic) bond motifs is 2. The number of likely N-dealkylation sites (tertiary alicyclic amines) is 2. The molecule has 1 atom stereocenters. The van der Waals surface area contributed by atoms with E-state index in [0.29, 0.717) is 44.9 Å². The van der Waals surface area contributed by atoms with E-state index in [1.807, 2.05) is 41.4 Å². The average Bonchev–Trinajstić information content (AvgIpc) is 3.30. The van der Waals surface area contributed by atoms with Gasteiger partial charge in [0.15, 0.2) is 5.82 Å². The van der Waals surface area contributed by atoms with Crippen LogP contribution < -0.4 is 0 Å². The number of rotatable bonds is 2. The zero-order valence-electron chi connectivity index (χ0n) is 17.9. The predicted molar refractivity (Wildman–Crippen MR) is 115 cm³/mol. The fraction of sp³-hybridized carbons (Fsp3) is 0.500. The fourth-order valence-corrected chi connectivity index (χ4v) is 5.22. The lowest BCUT2D eigenvalue weighted by molar-refractivity contribution is -0.149. The molecular formula is C24H28N4O3. The molecule has 4 heterocycles. The molecule has 0 bridgehead atoms. The Bertz CT molecular complexity index is 986. The minimum atomic E-state index is -0.466. The molecule has 3 aliphatic heterocycles. The zero-order chi connectivity index (χ0) is 21.4. The maximum atomic E-state index is 13.1. The Hall–Kier alpha value is -2.80. The molecule has 162 valence electrons. The van der Waals surface area contributed by atoms with Crippen molar-refractivity contribution in [2.24, 2.45) is 0 Å². The first-order valence-corrected chi connectivity index (χ1v) is 11.2. The largest absolute Gasteiger partial charge is 0.368 e. The molecule has 5 rings (SSSR count). The number of hydrogen-bond donors (Lipinski definition) is 0. The van der Waals surface area contributed by atoms with Crippen LogP contribution in [0.4, 0.5) is 0 Å². The van der Waals surface area contributed by atoms with E-state index in [1.165, 1.54) is 0 Å².